The number of ketones is 1. The van der Waals surface area contributed by atoms with Crippen LogP contribution in [0.4, 0.5) is 0 Å². The number of fused-ring (bicyclic) bond motifs is 1. The molecule has 3 rings (SSSR count). The molecule has 26 heavy (non-hydrogen) atoms. The minimum atomic E-state index is -3.04. The van der Waals surface area contributed by atoms with E-state index in [0.717, 1.165) is 17.7 Å². The van der Waals surface area contributed by atoms with Gasteiger partial charge in [0.15, 0.2) is 21.4 Å². The molecule has 0 bridgehead atoms. The summed E-state index contributed by atoms with van der Waals surface area (Å²) in [6, 6.07) is 7.32. The Labute approximate surface area is 153 Å². The van der Waals surface area contributed by atoms with E-state index in [4.69, 9.17) is 9.26 Å². The van der Waals surface area contributed by atoms with Gasteiger partial charge in [-0.2, -0.15) is 0 Å². The topological polar surface area (TPSA) is 86.5 Å². The van der Waals surface area contributed by atoms with Crippen LogP contribution < -0.4 is 4.74 Å². The third kappa shape index (κ3) is 4.52. The molecule has 0 saturated heterocycles. The van der Waals surface area contributed by atoms with Gasteiger partial charge in [0.1, 0.15) is 12.4 Å². The predicted octanol–water partition coefficient (Wildman–Crippen LogP) is 2.84. The highest BCUT2D eigenvalue weighted by atomic mass is 32.2. The lowest BCUT2D eigenvalue weighted by Crippen LogP contribution is -2.27. The molecule has 0 saturated carbocycles. The second-order valence-corrected chi connectivity index (χ2v) is 9.93. The minimum absolute atomic E-state index is 0.0165. The van der Waals surface area contributed by atoms with Crippen LogP contribution in [0.2, 0.25) is 0 Å². The van der Waals surface area contributed by atoms with E-state index in [2.05, 4.69) is 19.0 Å². The third-order valence-corrected chi connectivity index (χ3v) is 5.32. The van der Waals surface area contributed by atoms with Crippen LogP contribution in [0, 0.1) is 5.41 Å². The van der Waals surface area contributed by atoms with E-state index in [9.17, 15) is 13.2 Å². The van der Waals surface area contributed by atoms with Crippen LogP contribution in [0.25, 0.3) is 0 Å². The van der Waals surface area contributed by atoms with Crippen LogP contribution in [0.1, 0.15) is 47.6 Å². The number of aromatic nitrogens is 1. The van der Waals surface area contributed by atoms with E-state index in [1.165, 1.54) is 6.26 Å². The number of carbonyl (C=O) groups excluding carboxylic acids is 1. The first-order valence-corrected chi connectivity index (χ1v) is 10.6. The second kappa shape index (κ2) is 6.87. The zero-order chi connectivity index (χ0) is 18.9. The lowest BCUT2D eigenvalue weighted by molar-refractivity contribution is 0.0911. The molecule has 0 aliphatic heterocycles. The first kappa shape index (κ1) is 18.6. The Morgan fingerprint density at radius 2 is 1.88 bits per heavy atom. The Morgan fingerprint density at radius 3 is 2.54 bits per heavy atom. The highest BCUT2D eigenvalue weighted by molar-refractivity contribution is 7.90. The Bertz CT molecular complexity index is 910. The molecular weight excluding hydrogens is 354 g/mol. The van der Waals surface area contributed by atoms with Crippen LogP contribution in [0.15, 0.2) is 28.8 Å². The van der Waals surface area contributed by atoms with Crippen molar-refractivity contribution in [3.05, 3.63) is 46.8 Å². The predicted molar refractivity (Wildman–Crippen MR) is 97.4 cm³/mol. The summed E-state index contributed by atoms with van der Waals surface area (Å²) in [6.45, 7) is 4.24. The van der Waals surface area contributed by atoms with Crippen molar-refractivity contribution in [1.29, 1.82) is 0 Å². The highest BCUT2D eigenvalue weighted by Crippen LogP contribution is 2.36. The number of rotatable bonds is 6. The quantitative estimate of drug-likeness (QED) is 0.769. The maximum absolute atomic E-state index is 12.5. The van der Waals surface area contributed by atoms with Gasteiger partial charge < -0.3 is 9.26 Å². The molecule has 2 aromatic rings. The fourth-order valence-corrected chi connectivity index (χ4v) is 3.54. The van der Waals surface area contributed by atoms with Gasteiger partial charge in [0, 0.05) is 19.1 Å². The largest absolute Gasteiger partial charge is 0.493 e. The molecule has 1 heterocycles. The molecular formula is C19H23NO5S. The van der Waals surface area contributed by atoms with Gasteiger partial charge >= 0.3 is 0 Å². The molecule has 0 atom stereocenters. The van der Waals surface area contributed by atoms with E-state index >= 15 is 0 Å². The van der Waals surface area contributed by atoms with Crippen molar-refractivity contribution in [3.8, 4) is 5.75 Å². The molecule has 0 N–H and O–H groups in total. The number of ether oxygens (including phenoxy) is 1. The van der Waals surface area contributed by atoms with Crippen molar-refractivity contribution in [2.45, 2.75) is 33.1 Å². The minimum Gasteiger partial charge on any atom is -0.493 e. The lowest BCUT2D eigenvalue weighted by Gasteiger charge is -2.26. The van der Waals surface area contributed by atoms with Gasteiger partial charge in [0.25, 0.3) is 0 Å². The van der Waals surface area contributed by atoms with Gasteiger partial charge in [-0.05, 0) is 29.5 Å². The number of carbonyl (C=O) groups is 1. The molecule has 0 fully saturated rings. The third-order valence-electron chi connectivity index (χ3n) is 4.41. The second-order valence-electron chi connectivity index (χ2n) is 7.67. The van der Waals surface area contributed by atoms with Crippen LogP contribution in [-0.2, 0) is 22.7 Å². The average molecular weight is 377 g/mol. The van der Waals surface area contributed by atoms with E-state index in [0.29, 0.717) is 29.9 Å². The number of sulfone groups is 1. The van der Waals surface area contributed by atoms with Crippen LogP contribution >= 0.6 is 0 Å². The standard InChI is InChI=1S/C19H23NO5S/c1-19(2)11-15-18(16(21)12-19)17(25-20-15)10-13-4-6-14(7-5-13)24-8-9-26(3,22)23/h4-7H,8-12H2,1-3H3. The number of benzene rings is 1. The zero-order valence-corrected chi connectivity index (χ0v) is 16.1. The van der Waals surface area contributed by atoms with Gasteiger partial charge in [-0.25, -0.2) is 8.42 Å². The van der Waals surface area contributed by atoms with Crippen molar-refractivity contribution >= 4 is 15.6 Å². The van der Waals surface area contributed by atoms with Crippen molar-refractivity contribution in [3.63, 3.8) is 0 Å². The van der Waals surface area contributed by atoms with Crippen LogP contribution in [0.5, 0.6) is 5.75 Å². The Morgan fingerprint density at radius 1 is 1.19 bits per heavy atom. The fraction of sp³-hybridized carbons (Fsp3) is 0.474. The van der Waals surface area contributed by atoms with Crippen molar-refractivity contribution in [1.82, 2.24) is 5.16 Å². The average Bonchev–Trinajstić information content (AvgIpc) is 2.89. The molecule has 1 aromatic carbocycles. The van der Waals surface area contributed by atoms with Gasteiger partial charge in [-0.15, -0.1) is 0 Å². The highest BCUT2D eigenvalue weighted by Gasteiger charge is 2.35. The first-order valence-electron chi connectivity index (χ1n) is 8.53. The maximum Gasteiger partial charge on any atom is 0.168 e. The van der Waals surface area contributed by atoms with Crippen LogP contribution in [-0.4, -0.2) is 38.0 Å². The summed E-state index contributed by atoms with van der Waals surface area (Å²) >= 11 is 0. The summed E-state index contributed by atoms with van der Waals surface area (Å²) in [5.41, 5.74) is 2.28. The van der Waals surface area contributed by atoms with Crippen molar-refractivity contribution in [2.24, 2.45) is 5.41 Å². The van der Waals surface area contributed by atoms with E-state index in [1.54, 1.807) is 12.1 Å². The Kier molecular flexibility index (Phi) is 4.92. The van der Waals surface area contributed by atoms with Gasteiger partial charge in [0.2, 0.25) is 0 Å². The Balaban J connectivity index is 1.67. The van der Waals surface area contributed by atoms with Gasteiger partial charge in [-0.1, -0.05) is 31.1 Å². The van der Waals surface area contributed by atoms with Gasteiger partial charge in [0.05, 0.1) is 17.0 Å². The molecule has 6 nitrogen and oxygen atoms in total. The number of hydrogen-bond acceptors (Lipinski definition) is 6. The maximum atomic E-state index is 12.5. The number of nitrogens with zero attached hydrogens (tertiary/aromatic N) is 1. The normalized spacial score (nSPS) is 16.3. The monoisotopic (exact) mass is 377 g/mol. The summed E-state index contributed by atoms with van der Waals surface area (Å²) in [5, 5.41) is 4.10. The molecule has 1 aliphatic rings. The lowest BCUT2D eigenvalue weighted by atomic mass is 9.75. The molecule has 0 spiro atoms. The number of hydrogen-bond donors (Lipinski definition) is 0. The molecule has 0 radical (unpaired) electrons. The molecule has 0 amide bonds. The summed E-state index contributed by atoms with van der Waals surface area (Å²) in [7, 11) is -3.04. The van der Waals surface area contributed by atoms with E-state index in [-0.39, 0.29) is 23.6 Å². The molecule has 1 aromatic heterocycles. The van der Waals surface area contributed by atoms with E-state index < -0.39 is 9.84 Å². The van der Waals surface area contributed by atoms with Crippen LogP contribution in [0.3, 0.4) is 0 Å². The van der Waals surface area contributed by atoms with Crippen molar-refractivity contribution in [2.75, 3.05) is 18.6 Å². The smallest absolute Gasteiger partial charge is 0.168 e. The zero-order valence-electron chi connectivity index (χ0n) is 15.2. The van der Waals surface area contributed by atoms with Gasteiger partial charge in [-0.3, -0.25) is 4.79 Å². The summed E-state index contributed by atoms with van der Waals surface area (Å²) < 4.78 is 33.1. The first-order chi connectivity index (χ1) is 12.1. The summed E-state index contributed by atoms with van der Waals surface area (Å²) in [5.74, 6) is 1.28. The molecule has 0 unspecified atom stereocenters. The summed E-state index contributed by atoms with van der Waals surface area (Å²) in [6.07, 6.45) is 2.91. The van der Waals surface area contributed by atoms with Crippen molar-refractivity contribution < 1.29 is 22.5 Å². The Hall–Kier alpha value is -2.15. The molecule has 1 aliphatic carbocycles. The SMILES string of the molecule is CC1(C)CC(=O)c2c(noc2Cc2ccc(OCCS(C)(=O)=O)cc2)C1. The summed E-state index contributed by atoms with van der Waals surface area (Å²) in [4.78, 5) is 12.5. The molecule has 7 heteroatoms. The number of Topliss-reactive ketones (excluding diaryl/α,β-unsaturated/α-hetero) is 1. The molecule has 140 valence electrons. The van der Waals surface area contributed by atoms with E-state index in [1.807, 2.05) is 12.1 Å². The fourth-order valence-electron chi connectivity index (χ4n) is 3.16.